The second kappa shape index (κ2) is 8.30. The van der Waals surface area contributed by atoms with Gasteiger partial charge in [-0.05, 0) is 36.2 Å². The van der Waals surface area contributed by atoms with Crippen LogP contribution in [-0.4, -0.2) is 52.9 Å². The largest absolute Gasteiger partial charge is 0.461 e. The summed E-state index contributed by atoms with van der Waals surface area (Å²) in [7, 11) is 0. The summed E-state index contributed by atoms with van der Waals surface area (Å²) in [5.74, 6) is 0.415. The number of amides is 2. The maximum Gasteiger partial charge on any atom is 0.276 e. The molecule has 1 aromatic carbocycles. The molecule has 1 aliphatic heterocycles. The molecule has 29 heavy (non-hydrogen) atoms. The molecule has 3 aromatic rings. The van der Waals surface area contributed by atoms with Crippen molar-refractivity contribution in [2.75, 3.05) is 26.2 Å². The molecule has 0 unspecified atom stereocenters. The van der Waals surface area contributed by atoms with Gasteiger partial charge in [0.25, 0.3) is 5.91 Å². The molecule has 2 amide bonds. The van der Waals surface area contributed by atoms with Gasteiger partial charge >= 0.3 is 0 Å². The van der Waals surface area contributed by atoms with Crippen LogP contribution in [0.15, 0.2) is 57.7 Å². The molecule has 0 radical (unpaired) electrons. The van der Waals surface area contributed by atoms with Crippen LogP contribution in [0.4, 0.5) is 4.39 Å². The van der Waals surface area contributed by atoms with E-state index in [0.717, 1.165) is 5.56 Å². The van der Waals surface area contributed by atoms with Crippen molar-refractivity contribution in [1.29, 1.82) is 0 Å². The highest BCUT2D eigenvalue weighted by Gasteiger charge is 2.27. The van der Waals surface area contributed by atoms with Gasteiger partial charge in [-0.25, -0.2) is 4.39 Å². The molecule has 0 spiro atoms. The molecule has 1 saturated heterocycles. The number of aromatic nitrogens is 1. The number of aryl methyl sites for hydroxylation is 1. The van der Waals surface area contributed by atoms with Crippen molar-refractivity contribution < 1.29 is 22.9 Å². The predicted molar refractivity (Wildman–Crippen MR) is 101 cm³/mol. The van der Waals surface area contributed by atoms with Crippen LogP contribution in [0.1, 0.15) is 22.5 Å². The minimum Gasteiger partial charge on any atom is -0.461 e. The highest BCUT2D eigenvalue weighted by atomic mass is 19.1. The molecule has 1 fully saturated rings. The first kappa shape index (κ1) is 18.9. The van der Waals surface area contributed by atoms with Gasteiger partial charge in [-0.15, -0.1) is 0 Å². The van der Waals surface area contributed by atoms with Gasteiger partial charge in [0.2, 0.25) is 11.7 Å². The van der Waals surface area contributed by atoms with Gasteiger partial charge in [0.05, 0.1) is 6.26 Å². The summed E-state index contributed by atoms with van der Waals surface area (Å²) in [6.07, 6.45) is 2.44. The molecule has 2 aromatic heterocycles. The Morgan fingerprint density at radius 2 is 1.72 bits per heavy atom. The number of piperazine rings is 1. The number of benzene rings is 1. The van der Waals surface area contributed by atoms with Gasteiger partial charge in [-0.3, -0.25) is 9.59 Å². The van der Waals surface area contributed by atoms with E-state index in [-0.39, 0.29) is 23.3 Å². The zero-order valence-electron chi connectivity index (χ0n) is 15.7. The summed E-state index contributed by atoms with van der Waals surface area (Å²) in [5, 5.41) is 3.84. The van der Waals surface area contributed by atoms with Crippen LogP contribution in [0.5, 0.6) is 0 Å². The zero-order chi connectivity index (χ0) is 20.2. The van der Waals surface area contributed by atoms with Gasteiger partial charge in [0.1, 0.15) is 5.82 Å². The average molecular weight is 397 g/mol. The molecule has 0 aliphatic carbocycles. The Morgan fingerprint density at radius 1 is 1.00 bits per heavy atom. The maximum atomic E-state index is 13.0. The van der Waals surface area contributed by atoms with Gasteiger partial charge in [-0.1, -0.05) is 17.3 Å². The van der Waals surface area contributed by atoms with Crippen molar-refractivity contribution in [2.24, 2.45) is 0 Å². The summed E-state index contributed by atoms with van der Waals surface area (Å²) in [6.45, 7) is 1.81. The Morgan fingerprint density at radius 3 is 2.41 bits per heavy atom. The van der Waals surface area contributed by atoms with Crippen LogP contribution in [-0.2, 0) is 11.2 Å². The fourth-order valence-electron chi connectivity index (χ4n) is 3.29. The van der Waals surface area contributed by atoms with Crippen LogP contribution < -0.4 is 0 Å². The van der Waals surface area contributed by atoms with E-state index in [4.69, 9.17) is 8.94 Å². The summed E-state index contributed by atoms with van der Waals surface area (Å²) in [6, 6.07) is 11.2. The third-order valence-corrected chi connectivity index (χ3v) is 4.95. The number of nitrogens with zero attached hydrogens (tertiary/aromatic N) is 3. The van der Waals surface area contributed by atoms with Crippen LogP contribution in [0.3, 0.4) is 0 Å². The standard InChI is InChI=1S/C21H20FN3O4/c22-16-6-3-15(4-7-16)5-8-20(26)24-9-11-25(12-10-24)21(27)17-14-19(29-23-17)18-2-1-13-28-18/h1-4,6-7,13-14H,5,8-12H2. The van der Waals surface area contributed by atoms with Gasteiger partial charge < -0.3 is 18.7 Å². The molecule has 0 N–H and O–H groups in total. The third-order valence-electron chi connectivity index (χ3n) is 4.95. The lowest BCUT2D eigenvalue weighted by atomic mass is 10.1. The van der Waals surface area contributed by atoms with E-state index < -0.39 is 0 Å². The number of rotatable bonds is 5. The van der Waals surface area contributed by atoms with Gasteiger partial charge in [0.15, 0.2) is 11.5 Å². The number of carbonyl (C=O) groups is 2. The second-order valence-electron chi connectivity index (χ2n) is 6.85. The second-order valence-corrected chi connectivity index (χ2v) is 6.85. The minimum atomic E-state index is -0.288. The normalized spacial score (nSPS) is 14.2. The Balaban J connectivity index is 1.28. The number of carbonyl (C=O) groups excluding carboxylic acids is 2. The SMILES string of the molecule is O=C(CCc1ccc(F)cc1)N1CCN(C(=O)c2cc(-c3ccco3)on2)CC1. The Hall–Kier alpha value is -3.42. The Labute approximate surface area is 166 Å². The monoisotopic (exact) mass is 397 g/mol. The van der Waals surface area contributed by atoms with Crippen LogP contribution >= 0.6 is 0 Å². The van der Waals surface area contributed by atoms with E-state index in [1.165, 1.54) is 18.4 Å². The number of furan rings is 1. The summed E-state index contributed by atoms with van der Waals surface area (Å²) >= 11 is 0. The van der Waals surface area contributed by atoms with E-state index in [2.05, 4.69) is 5.16 Å². The molecule has 3 heterocycles. The Kier molecular flexibility index (Phi) is 5.41. The Bertz CT molecular complexity index is 974. The molecular formula is C21H20FN3O4. The smallest absolute Gasteiger partial charge is 0.276 e. The molecule has 7 nitrogen and oxygen atoms in total. The lowest BCUT2D eigenvalue weighted by Crippen LogP contribution is -2.50. The lowest BCUT2D eigenvalue weighted by molar-refractivity contribution is -0.132. The van der Waals surface area contributed by atoms with Gasteiger partial charge in [-0.2, -0.15) is 0 Å². The van der Waals surface area contributed by atoms with E-state index in [0.29, 0.717) is 50.5 Å². The molecule has 150 valence electrons. The highest BCUT2D eigenvalue weighted by Crippen LogP contribution is 2.21. The minimum absolute atomic E-state index is 0.0305. The van der Waals surface area contributed by atoms with Crippen molar-refractivity contribution in [3.05, 3.63) is 65.8 Å². The van der Waals surface area contributed by atoms with Crippen LogP contribution in [0.2, 0.25) is 0 Å². The number of hydrogen-bond acceptors (Lipinski definition) is 5. The molecule has 0 bridgehead atoms. The first-order chi connectivity index (χ1) is 14.1. The maximum absolute atomic E-state index is 13.0. The van der Waals surface area contributed by atoms with E-state index >= 15 is 0 Å². The summed E-state index contributed by atoms with van der Waals surface area (Å²) < 4.78 is 23.4. The molecule has 0 saturated carbocycles. The van der Waals surface area contributed by atoms with Crippen molar-refractivity contribution in [3.63, 3.8) is 0 Å². The predicted octanol–water partition coefficient (Wildman–Crippen LogP) is 2.99. The van der Waals surface area contributed by atoms with Crippen molar-refractivity contribution in [1.82, 2.24) is 15.0 Å². The molecule has 8 heteroatoms. The molecular weight excluding hydrogens is 377 g/mol. The fraction of sp³-hybridized carbons (Fsp3) is 0.286. The topological polar surface area (TPSA) is 79.8 Å². The summed E-state index contributed by atoms with van der Waals surface area (Å²) in [5.41, 5.74) is 1.14. The highest BCUT2D eigenvalue weighted by molar-refractivity contribution is 5.93. The van der Waals surface area contributed by atoms with Crippen LogP contribution in [0, 0.1) is 5.82 Å². The molecule has 4 rings (SSSR count). The lowest BCUT2D eigenvalue weighted by Gasteiger charge is -2.34. The van der Waals surface area contributed by atoms with E-state index in [1.54, 1.807) is 40.1 Å². The average Bonchev–Trinajstić information content (AvgIpc) is 3.44. The molecule has 0 atom stereocenters. The quantitative estimate of drug-likeness (QED) is 0.661. The number of halogens is 1. The van der Waals surface area contributed by atoms with E-state index in [9.17, 15) is 14.0 Å². The van der Waals surface area contributed by atoms with Gasteiger partial charge in [0, 0.05) is 38.7 Å². The first-order valence-electron chi connectivity index (χ1n) is 9.42. The summed E-state index contributed by atoms with van der Waals surface area (Å²) in [4.78, 5) is 28.5. The fourth-order valence-corrected chi connectivity index (χ4v) is 3.29. The zero-order valence-corrected chi connectivity index (χ0v) is 15.7. The van der Waals surface area contributed by atoms with Crippen LogP contribution in [0.25, 0.3) is 11.5 Å². The number of hydrogen-bond donors (Lipinski definition) is 0. The molecule has 1 aliphatic rings. The van der Waals surface area contributed by atoms with Crippen molar-refractivity contribution in [3.8, 4) is 11.5 Å². The van der Waals surface area contributed by atoms with Crippen molar-refractivity contribution >= 4 is 11.8 Å². The van der Waals surface area contributed by atoms with E-state index in [1.807, 2.05) is 0 Å². The first-order valence-corrected chi connectivity index (χ1v) is 9.42. The third kappa shape index (κ3) is 4.37. The van der Waals surface area contributed by atoms with Crippen molar-refractivity contribution in [2.45, 2.75) is 12.8 Å².